The van der Waals surface area contributed by atoms with Crippen LogP contribution in [0.5, 0.6) is 5.75 Å². The smallest absolute Gasteiger partial charge is 0.406 e. The third kappa shape index (κ3) is 4.44. The lowest BCUT2D eigenvalue weighted by Gasteiger charge is -2.21. The lowest BCUT2D eigenvalue weighted by molar-refractivity contribution is -0.274. The van der Waals surface area contributed by atoms with Gasteiger partial charge in [0.05, 0.1) is 0 Å². The molecule has 23 heavy (non-hydrogen) atoms. The van der Waals surface area contributed by atoms with Crippen LogP contribution in [-0.4, -0.2) is 23.8 Å². The summed E-state index contributed by atoms with van der Waals surface area (Å²) in [6.07, 6.45) is -3.24. The van der Waals surface area contributed by atoms with E-state index in [2.05, 4.69) is 9.10 Å². The second-order valence-corrected chi connectivity index (χ2v) is 6.99. The van der Waals surface area contributed by atoms with Crippen LogP contribution < -0.4 is 9.64 Å². The Labute approximate surface area is 136 Å². The Balaban J connectivity index is 2.28. The first-order chi connectivity index (χ1) is 10.7. The largest absolute Gasteiger partial charge is 0.573 e. The summed E-state index contributed by atoms with van der Waals surface area (Å²) in [4.78, 5) is 12.4. The number of allylic oxidation sites excluding steroid dienone is 1. The fourth-order valence-corrected chi connectivity index (χ4v) is 3.99. The molecular weight excluding hydrogens is 360 g/mol. The lowest BCUT2D eigenvalue weighted by Crippen LogP contribution is -2.24. The maximum Gasteiger partial charge on any atom is 0.573 e. The summed E-state index contributed by atoms with van der Waals surface area (Å²) in [6.45, 7) is 0.429. The standard InChI is InChI=1S/C13H11ClF4N2O2S/c1-8-7-20(12(14)23(8)19-11(21)6-15)9-3-2-4-10(5-9)22-13(16,17)18/h2-5,7,12H,6H2,1H3. The van der Waals surface area contributed by atoms with Crippen LogP contribution in [0.25, 0.3) is 0 Å². The van der Waals surface area contributed by atoms with Crippen LogP contribution >= 0.6 is 11.6 Å². The number of carbonyl (C=O) groups is 1. The third-order valence-corrected chi connectivity index (χ3v) is 5.20. The Bertz CT molecular complexity index is 678. The number of rotatable bonds is 3. The second-order valence-electron chi connectivity index (χ2n) is 4.42. The normalized spacial score (nSPS) is 21.5. The van der Waals surface area contributed by atoms with Gasteiger partial charge in [0.1, 0.15) is 5.75 Å². The molecule has 0 aliphatic carbocycles. The summed E-state index contributed by atoms with van der Waals surface area (Å²) >= 11 is 6.21. The lowest BCUT2D eigenvalue weighted by atomic mass is 10.3. The predicted octanol–water partition coefficient (Wildman–Crippen LogP) is 4.09. The van der Waals surface area contributed by atoms with Gasteiger partial charge in [0.25, 0.3) is 5.91 Å². The first-order valence-corrected chi connectivity index (χ1v) is 7.90. The van der Waals surface area contributed by atoms with Gasteiger partial charge in [0, 0.05) is 22.9 Å². The SMILES string of the molecule is CC1=CN(c2cccc(OC(F)(F)F)c2)C(Cl)S1=NC(=O)CF. The van der Waals surface area contributed by atoms with Crippen molar-refractivity contribution in [1.29, 1.82) is 0 Å². The second kappa shape index (κ2) is 6.88. The number of hydrogen-bond acceptors (Lipinski definition) is 3. The van der Waals surface area contributed by atoms with Crippen LogP contribution in [0, 0.1) is 0 Å². The molecule has 0 saturated heterocycles. The molecule has 0 N–H and O–H groups in total. The molecule has 4 nitrogen and oxygen atoms in total. The zero-order valence-corrected chi connectivity index (χ0v) is 13.3. The van der Waals surface area contributed by atoms with Crippen molar-refractivity contribution in [3.05, 3.63) is 35.4 Å². The zero-order valence-electron chi connectivity index (χ0n) is 11.7. The van der Waals surface area contributed by atoms with Crippen molar-refractivity contribution in [1.82, 2.24) is 0 Å². The number of carbonyl (C=O) groups excluding carboxylic acids is 1. The molecule has 1 aromatic carbocycles. The summed E-state index contributed by atoms with van der Waals surface area (Å²) in [5.74, 6) is -1.32. The molecule has 1 heterocycles. The minimum atomic E-state index is -4.80. The highest BCUT2D eigenvalue weighted by molar-refractivity contribution is 7.93. The van der Waals surface area contributed by atoms with E-state index in [-0.39, 0.29) is 0 Å². The predicted molar refractivity (Wildman–Crippen MR) is 79.8 cm³/mol. The van der Waals surface area contributed by atoms with E-state index in [1.54, 1.807) is 13.1 Å². The van der Waals surface area contributed by atoms with E-state index >= 15 is 0 Å². The number of alkyl halides is 5. The summed E-state index contributed by atoms with van der Waals surface area (Å²) in [5.41, 5.74) is 0.337. The average molecular weight is 371 g/mol. The Kier molecular flexibility index (Phi) is 5.30. The molecule has 0 radical (unpaired) electrons. The van der Waals surface area contributed by atoms with Crippen molar-refractivity contribution in [3.63, 3.8) is 0 Å². The van der Waals surface area contributed by atoms with Crippen molar-refractivity contribution >= 4 is 33.9 Å². The number of halogens is 5. The number of nitrogens with zero attached hydrogens (tertiary/aromatic N) is 2. The third-order valence-electron chi connectivity index (χ3n) is 2.72. The Morgan fingerprint density at radius 3 is 2.78 bits per heavy atom. The quantitative estimate of drug-likeness (QED) is 0.457. The maximum absolute atomic E-state index is 12.3. The minimum Gasteiger partial charge on any atom is -0.406 e. The molecule has 0 saturated carbocycles. The van der Waals surface area contributed by atoms with Crippen molar-refractivity contribution in [2.75, 3.05) is 11.6 Å². The first kappa shape index (κ1) is 17.7. The van der Waals surface area contributed by atoms with Crippen molar-refractivity contribution in [2.24, 2.45) is 4.36 Å². The maximum atomic E-state index is 12.3. The highest BCUT2D eigenvalue weighted by Crippen LogP contribution is 2.34. The Morgan fingerprint density at radius 1 is 1.48 bits per heavy atom. The van der Waals surface area contributed by atoms with Gasteiger partial charge in [0.15, 0.2) is 11.5 Å². The van der Waals surface area contributed by atoms with Crippen LogP contribution in [-0.2, 0) is 15.5 Å². The van der Waals surface area contributed by atoms with E-state index in [0.717, 1.165) is 12.1 Å². The van der Waals surface area contributed by atoms with Crippen LogP contribution in [0.15, 0.2) is 39.7 Å². The van der Waals surface area contributed by atoms with Gasteiger partial charge in [-0.2, -0.15) is 4.36 Å². The number of ether oxygens (including phenoxy) is 1. The highest BCUT2D eigenvalue weighted by atomic mass is 35.5. The Hall–Kier alpha value is -1.61. The first-order valence-electron chi connectivity index (χ1n) is 6.21. The van der Waals surface area contributed by atoms with Gasteiger partial charge in [-0.3, -0.25) is 4.79 Å². The molecule has 126 valence electrons. The van der Waals surface area contributed by atoms with Gasteiger partial charge in [-0.15, -0.1) is 13.2 Å². The average Bonchev–Trinajstić information content (AvgIpc) is 2.73. The highest BCUT2D eigenvalue weighted by Gasteiger charge is 2.32. The molecule has 10 heteroatoms. The van der Waals surface area contributed by atoms with Crippen LogP contribution in [0.1, 0.15) is 6.92 Å². The number of amides is 1. The van der Waals surface area contributed by atoms with E-state index in [9.17, 15) is 22.4 Å². The molecule has 2 atom stereocenters. The molecule has 1 aromatic rings. The van der Waals surface area contributed by atoms with Crippen molar-refractivity contribution < 1.29 is 27.1 Å². The summed E-state index contributed by atoms with van der Waals surface area (Å²) in [6, 6.07) is 5.23. The monoisotopic (exact) mass is 370 g/mol. The van der Waals surface area contributed by atoms with E-state index in [0.29, 0.717) is 10.6 Å². The Morgan fingerprint density at radius 2 is 2.17 bits per heavy atom. The minimum absolute atomic E-state index is 0.337. The fourth-order valence-electron chi connectivity index (χ4n) is 1.85. The number of benzene rings is 1. The molecule has 1 amide bonds. The zero-order chi connectivity index (χ0) is 17.2. The van der Waals surface area contributed by atoms with Crippen molar-refractivity contribution in [3.8, 4) is 5.75 Å². The molecule has 1 aliphatic rings. The van der Waals surface area contributed by atoms with Gasteiger partial charge in [0.2, 0.25) is 0 Å². The molecule has 2 unspecified atom stereocenters. The van der Waals surface area contributed by atoms with E-state index < -0.39 is 40.2 Å². The van der Waals surface area contributed by atoms with E-state index in [1.165, 1.54) is 17.0 Å². The molecule has 0 aromatic heterocycles. The summed E-state index contributed by atoms with van der Waals surface area (Å²) < 4.78 is 56.6. The topological polar surface area (TPSA) is 41.9 Å². The van der Waals surface area contributed by atoms with Crippen LogP contribution in [0.2, 0.25) is 0 Å². The van der Waals surface area contributed by atoms with Gasteiger partial charge in [-0.25, -0.2) is 4.39 Å². The molecule has 0 bridgehead atoms. The summed E-state index contributed by atoms with van der Waals surface area (Å²) in [5, 5.41) is 0. The van der Waals surface area contributed by atoms with Crippen LogP contribution in [0.3, 0.4) is 0 Å². The molecular formula is C13H11ClF4N2O2S. The summed E-state index contributed by atoms with van der Waals surface area (Å²) in [7, 11) is -1.08. The van der Waals surface area contributed by atoms with E-state index in [1.807, 2.05) is 0 Å². The van der Waals surface area contributed by atoms with Gasteiger partial charge in [-0.05, 0) is 29.7 Å². The molecule has 2 rings (SSSR count). The number of anilines is 1. The molecule has 0 fully saturated rings. The molecule has 1 aliphatic heterocycles. The van der Waals surface area contributed by atoms with Gasteiger partial charge >= 0.3 is 6.36 Å². The number of hydrogen-bond donors (Lipinski definition) is 0. The fraction of sp³-hybridized carbons (Fsp3) is 0.308. The van der Waals surface area contributed by atoms with Crippen molar-refractivity contribution in [2.45, 2.75) is 18.1 Å². The van der Waals surface area contributed by atoms with E-state index in [4.69, 9.17) is 11.6 Å². The van der Waals surface area contributed by atoms with Crippen LogP contribution in [0.4, 0.5) is 23.2 Å². The van der Waals surface area contributed by atoms with Gasteiger partial charge in [-0.1, -0.05) is 17.7 Å². The molecule has 0 spiro atoms. The van der Waals surface area contributed by atoms with Gasteiger partial charge < -0.3 is 9.64 Å².